The molecule has 3 heterocycles. The maximum absolute atomic E-state index is 5.74. The predicted octanol–water partition coefficient (Wildman–Crippen LogP) is 2.59. The highest BCUT2D eigenvalue weighted by Crippen LogP contribution is 2.33. The molecule has 28 heavy (non-hydrogen) atoms. The lowest BCUT2D eigenvalue weighted by Gasteiger charge is -2.38. The molecule has 0 spiro atoms. The third-order valence-electron chi connectivity index (χ3n) is 5.69. The van der Waals surface area contributed by atoms with Crippen LogP contribution >= 0.6 is 23.1 Å². The largest absolute Gasteiger partial charge is 0.381 e. The van der Waals surface area contributed by atoms with Crippen molar-refractivity contribution in [3.05, 3.63) is 22.4 Å². The summed E-state index contributed by atoms with van der Waals surface area (Å²) in [5.41, 5.74) is 0. The van der Waals surface area contributed by atoms with E-state index in [9.17, 15) is 0 Å². The van der Waals surface area contributed by atoms with E-state index in [4.69, 9.17) is 9.47 Å². The first-order chi connectivity index (χ1) is 13.7. The van der Waals surface area contributed by atoms with Crippen LogP contribution in [-0.4, -0.2) is 81.0 Å². The summed E-state index contributed by atoms with van der Waals surface area (Å²) in [5.74, 6) is 0.878. The van der Waals surface area contributed by atoms with Gasteiger partial charge in [-0.3, -0.25) is 9.89 Å². The summed E-state index contributed by atoms with van der Waals surface area (Å²) in [6, 6.07) is 4.71. The van der Waals surface area contributed by atoms with Gasteiger partial charge in [-0.05, 0) is 37.5 Å². The number of hydrogen-bond donors (Lipinski definition) is 2. The molecule has 2 aliphatic rings. The number of guanidine groups is 1. The zero-order valence-corrected chi connectivity index (χ0v) is 18.9. The number of aliphatic imine (C=N–C) groups is 1. The van der Waals surface area contributed by atoms with E-state index in [1.54, 1.807) is 0 Å². The number of rotatable bonds is 7. The van der Waals surface area contributed by atoms with Gasteiger partial charge in [-0.2, -0.15) is 11.8 Å². The van der Waals surface area contributed by atoms with Gasteiger partial charge >= 0.3 is 0 Å². The van der Waals surface area contributed by atoms with Crippen molar-refractivity contribution in [3.63, 3.8) is 0 Å². The fourth-order valence-electron chi connectivity index (χ4n) is 3.87. The van der Waals surface area contributed by atoms with Gasteiger partial charge in [0.05, 0.1) is 18.8 Å². The van der Waals surface area contributed by atoms with Crippen molar-refractivity contribution < 1.29 is 9.47 Å². The van der Waals surface area contributed by atoms with Gasteiger partial charge in [-0.25, -0.2) is 0 Å². The van der Waals surface area contributed by atoms with Crippen molar-refractivity contribution in [3.8, 4) is 0 Å². The fraction of sp³-hybridized carbons (Fsp3) is 0.750. The molecule has 2 unspecified atom stereocenters. The van der Waals surface area contributed by atoms with Crippen LogP contribution in [0.3, 0.4) is 0 Å². The van der Waals surface area contributed by atoms with Crippen molar-refractivity contribution in [1.82, 2.24) is 15.5 Å². The summed E-state index contributed by atoms with van der Waals surface area (Å²) < 4.78 is 11.5. The third-order valence-corrected chi connectivity index (χ3v) is 8.08. The Bertz CT molecular complexity index is 605. The van der Waals surface area contributed by atoms with E-state index < -0.39 is 0 Å². The zero-order valence-electron chi connectivity index (χ0n) is 17.3. The number of nitrogens with one attached hydrogen (secondary N) is 2. The molecule has 8 heteroatoms. The number of hydrogen-bond acceptors (Lipinski definition) is 6. The Morgan fingerprint density at radius 3 is 2.86 bits per heavy atom. The molecule has 2 N–H and O–H groups in total. The van der Waals surface area contributed by atoms with Crippen LogP contribution in [0.1, 0.15) is 30.7 Å². The molecule has 0 aliphatic carbocycles. The topological polar surface area (TPSA) is 58.1 Å². The van der Waals surface area contributed by atoms with Crippen LogP contribution in [0.4, 0.5) is 0 Å². The number of thiophene rings is 1. The summed E-state index contributed by atoms with van der Waals surface area (Å²) in [6.45, 7) is 8.34. The lowest BCUT2D eigenvalue weighted by atomic mass is 9.99. The zero-order chi connectivity index (χ0) is 19.8. The average molecular weight is 427 g/mol. The SMILES string of the molecule is CN=C(NCC(c1cccs1)N1CCOC(C)C1)NCC1(SC)CCOCC1. The maximum atomic E-state index is 5.74. The Kier molecular flexibility index (Phi) is 8.47. The van der Waals surface area contributed by atoms with Gasteiger partial charge in [-0.1, -0.05) is 6.07 Å². The number of morpholine rings is 1. The molecule has 0 amide bonds. The Hall–Kier alpha value is -0.800. The highest BCUT2D eigenvalue weighted by atomic mass is 32.2. The van der Waals surface area contributed by atoms with Crippen LogP contribution in [0.5, 0.6) is 0 Å². The highest BCUT2D eigenvalue weighted by Gasteiger charge is 2.32. The van der Waals surface area contributed by atoms with Gasteiger partial charge in [0.25, 0.3) is 0 Å². The molecule has 2 saturated heterocycles. The van der Waals surface area contributed by atoms with E-state index >= 15 is 0 Å². The Balaban J connectivity index is 1.58. The van der Waals surface area contributed by atoms with E-state index in [1.165, 1.54) is 4.88 Å². The minimum atomic E-state index is 0.239. The molecule has 1 aromatic rings. The van der Waals surface area contributed by atoms with Gasteiger partial charge in [0.2, 0.25) is 0 Å². The lowest BCUT2D eigenvalue weighted by molar-refractivity contribution is -0.0334. The highest BCUT2D eigenvalue weighted by molar-refractivity contribution is 8.00. The molecular formula is C20H34N4O2S2. The molecule has 0 saturated carbocycles. The van der Waals surface area contributed by atoms with Crippen molar-refractivity contribution in [2.45, 2.75) is 36.7 Å². The second kappa shape index (κ2) is 10.8. The van der Waals surface area contributed by atoms with E-state index in [-0.39, 0.29) is 10.9 Å². The van der Waals surface area contributed by atoms with Gasteiger partial charge < -0.3 is 20.1 Å². The first-order valence-corrected chi connectivity index (χ1v) is 12.2. The second-order valence-corrected chi connectivity index (χ2v) is 9.77. The van der Waals surface area contributed by atoms with Crippen LogP contribution in [-0.2, 0) is 9.47 Å². The van der Waals surface area contributed by atoms with Crippen molar-refractivity contribution in [2.75, 3.05) is 59.3 Å². The summed E-state index contributed by atoms with van der Waals surface area (Å²) >= 11 is 3.77. The van der Waals surface area contributed by atoms with Gasteiger partial charge in [0, 0.05) is 56.1 Å². The lowest BCUT2D eigenvalue weighted by Crippen LogP contribution is -2.50. The van der Waals surface area contributed by atoms with Crippen LogP contribution in [0.2, 0.25) is 0 Å². The standard InChI is InChI=1S/C20H34N4O2S2/c1-16-14-24(8-11-26-16)17(18-5-4-12-28-18)13-22-19(21-2)23-15-20(27-3)6-9-25-10-7-20/h4-5,12,16-17H,6-11,13-15H2,1-3H3,(H2,21,22,23). The maximum Gasteiger partial charge on any atom is 0.191 e. The smallest absolute Gasteiger partial charge is 0.191 e. The van der Waals surface area contributed by atoms with E-state index in [0.717, 1.165) is 64.8 Å². The average Bonchev–Trinajstić information content (AvgIpc) is 3.26. The van der Waals surface area contributed by atoms with Gasteiger partial charge in [0.15, 0.2) is 5.96 Å². The first-order valence-electron chi connectivity index (χ1n) is 10.1. The van der Waals surface area contributed by atoms with Crippen molar-refractivity contribution >= 4 is 29.1 Å². The molecule has 2 atom stereocenters. The molecule has 1 aromatic heterocycles. The van der Waals surface area contributed by atoms with Crippen LogP contribution in [0, 0.1) is 0 Å². The van der Waals surface area contributed by atoms with E-state index in [2.05, 4.69) is 51.2 Å². The molecule has 0 bridgehead atoms. The molecule has 3 rings (SSSR count). The molecule has 2 fully saturated rings. The third kappa shape index (κ3) is 5.86. The van der Waals surface area contributed by atoms with Crippen LogP contribution < -0.4 is 10.6 Å². The summed E-state index contributed by atoms with van der Waals surface area (Å²) in [4.78, 5) is 8.39. The molecule has 0 radical (unpaired) electrons. The van der Waals surface area contributed by atoms with Gasteiger partial charge in [0.1, 0.15) is 0 Å². The molecular weight excluding hydrogens is 392 g/mol. The molecule has 0 aromatic carbocycles. The Labute approximate surface area is 177 Å². The molecule has 2 aliphatic heterocycles. The summed E-state index contributed by atoms with van der Waals surface area (Å²) in [5, 5.41) is 9.30. The molecule has 6 nitrogen and oxygen atoms in total. The van der Waals surface area contributed by atoms with Crippen molar-refractivity contribution in [1.29, 1.82) is 0 Å². The van der Waals surface area contributed by atoms with E-state index in [0.29, 0.717) is 6.04 Å². The first kappa shape index (κ1) is 21.9. The van der Waals surface area contributed by atoms with Crippen LogP contribution in [0.25, 0.3) is 0 Å². The predicted molar refractivity (Wildman–Crippen MR) is 120 cm³/mol. The fourth-order valence-corrected chi connectivity index (χ4v) is 5.53. The quantitative estimate of drug-likeness (QED) is 0.516. The number of thioether (sulfide) groups is 1. The molecule has 158 valence electrons. The van der Waals surface area contributed by atoms with Crippen LogP contribution in [0.15, 0.2) is 22.5 Å². The summed E-state index contributed by atoms with van der Waals surface area (Å²) in [7, 11) is 1.85. The second-order valence-electron chi connectivity index (χ2n) is 7.51. The van der Waals surface area contributed by atoms with E-state index in [1.807, 2.05) is 30.1 Å². The van der Waals surface area contributed by atoms with Crippen molar-refractivity contribution in [2.24, 2.45) is 4.99 Å². The monoisotopic (exact) mass is 426 g/mol. The Morgan fingerprint density at radius 2 is 2.21 bits per heavy atom. The minimum absolute atomic E-state index is 0.239. The Morgan fingerprint density at radius 1 is 1.39 bits per heavy atom. The van der Waals surface area contributed by atoms with Gasteiger partial charge in [-0.15, -0.1) is 11.3 Å². The number of nitrogens with zero attached hydrogens (tertiary/aromatic N) is 2. The summed E-state index contributed by atoms with van der Waals surface area (Å²) in [6.07, 6.45) is 4.66. The minimum Gasteiger partial charge on any atom is -0.381 e. The number of ether oxygens (including phenoxy) is 2. The normalized spacial score (nSPS) is 24.7.